The third-order valence-corrected chi connectivity index (χ3v) is 6.12. The average Bonchev–Trinajstić information content (AvgIpc) is 2.71. The van der Waals surface area contributed by atoms with Gasteiger partial charge >= 0.3 is 13.3 Å². The minimum Gasteiger partial charge on any atom is -0.472 e. The van der Waals surface area contributed by atoms with Crippen LogP contribution in [0.3, 0.4) is 0 Å². The molecule has 0 bridgehead atoms. The predicted octanol–water partition coefficient (Wildman–Crippen LogP) is 6.51. The summed E-state index contributed by atoms with van der Waals surface area (Å²) in [5.41, 5.74) is -1.93. The number of carbonyl (C=O) groups is 1. The Morgan fingerprint density at radius 1 is 0.767 bits per heavy atom. The number of carboxylic acid groups (broad SMARTS) is 1. The second-order valence-corrected chi connectivity index (χ2v) is 9.81. The van der Waals surface area contributed by atoms with Crippen LogP contribution in [0.4, 0.5) is 4.79 Å². The van der Waals surface area contributed by atoms with Crippen molar-refractivity contribution in [2.24, 2.45) is 0 Å². The van der Waals surface area contributed by atoms with E-state index in [0.29, 0.717) is 6.61 Å². The maximum Gasteiger partial charge on any atom is 0.435 e. The third kappa shape index (κ3) is 19.5. The fourth-order valence-corrected chi connectivity index (χ4v) is 3.75. The molecule has 7 nitrogen and oxygen atoms in total. The van der Waals surface area contributed by atoms with Crippen molar-refractivity contribution in [3.8, 4) is 0 Å². The summed E-state index contributed by atoms with van der Waals surface area (Å²) in [5.74, 6) is 0. The average molecular weight is 453 g/mol. The number of hydrogen-bond acceptors (Lipinski definition) is 5. The molecule has 2 atom stereocenters. The number of aliphatic hydroxyl groups is 1. The Balaban J connectivity index is 3.24. The number of hydrogen-bond donors (Lipinski definition) is 3. The molecule has 0 aromatic rings. The summed E-state index contributed by atoms with van der Waals surface area (Å²) in [5, 5.41) is 18.0. The first-order valence-corrected chi connectivity index (χ1v) is 13.4. The van der Waals surface area contributed by atoms with Gasteiger partial charge in [0, 0.05) is 6.61 Å². The number of rotatable bonds is 23. The van der Waals surface area contributed by atoms with E-state index in [0.717, 1.165) is 12.8 Å². The summed E-state index contributed by atoms with van der Waals surface area (Å²) in [4.78, 5) is 19.4. The first kappa shape index (κ1) is 29.5. The molecule has 1 unspecified atom stereocenters. The van der Waals surface area contributed by atoms with E-state index in [4.69, 9.17) is 14.7 Å². The van der Waals surface area contributed by atoms with Crippen LogP contribution in [0.15, 0.2) is 0 Å². The van der Waals surface area contributed by atoms with E-state index in [1.54, 1.807) is 0 Å². The fourth-order valence-electron chi connectivity index (χ4n) is 3.26. The van der Waals surface area contributed by atoms with Gasteiger partial charge in [0.05, 0.1) is 13.2 Å². The first-order chi connectivity index (χ1) is 14.4. The topological polar surface area (TPSA) is 113 Å². The van der Waals surface area contributed by atoms with Crippen LogP contribution >= 0.6 is 7.60 Å². The lowest BCUT2D eigenvalue weighted by molar-refractivity contribution is 0.00899. The molecule has 0 aromatic heterocycles. The normalized spacial score (nSPS) is 14.5. The highest BCUT2D eigenvalue weighted by molar-refractivity contribution is 7.70. The first-order valence-electron chi connectivity index (χ1n) is 11.9. The fraction of sp³-hybridized carbons (Fsp3) is 0.955. The molecule has 0 radical (unpaired) electrons. The monoisotopic (exact) mass is 452 g/mol. The highest BCUT2D eigenvalue weighted by atomic mass is 31.2. The van der Waals surface area contributed by atoms with Gasteiger partial charge in [-0.1, -0.05) is 103 Å². The quantitative estimate of drug-likeness (QED) is 0.120. The van der Waals surface area contributed by atoms with Crippen molar-refractivity contribution in [1.82, 2.24) is 0 Å². The third-order valence-electron chi connectivity index (χ3n) is 5.14. The molecule has 0 rings (SSSR count). The minimum absolute atomic E-state index is 0.0433. The van der Waals surface area contributed by atoms with E-state index in [1.165, 1.54) is 89.9 Å². The van der Waals surface area contributed by atoms with Crippen LogP contribution in [-0.4, -0.2) is 46.7 Å². The molecule has 0 aliphatic heterocycles. The zero-order valence-corrected chi connectivity index (χ0v) is 19.8. The van der Waals surface area contributed by atoms with Gasteiger partial charge < -0.3 is 19.8 Å². The molecule has 180 valence electrons. The predicted molar refractivity (Wildman–Crippen MR) is 120 cm³/mol. The van der Waals surface area contributed by atoms with Crippen molar-refractivity contribution in [1.29, 1.82) is 0 Å². The zero-order valence-electron chi connectivity index (χ0n) is 18.9. The Kier molecular flexibility index (Phi) is 20.1. The van der Waals surface area contributed by atoms with Crippen molar-refractivity contribution in [3.05, 3.63) is 0 Å². The van der Waals surface area contributed by atoms with Crippen molar-refractivity contribution in [3.63, 3.8) is 0 Å². The van der Waals surface area contributed by atoms with Gasteiger partial charge in [-0.15, -0.1) is 0 Å². The van der Waals surface area contributed by atoms with Crippen LogP contribution in [-0.2, 0) is 13.8 Å². The largest absolute Gasteiger partial charge is 0.472 e. The standard InChI is InChI=1S/C22H45O7P/c1-2-3-4-5-6-7-8-9-10-11-12-13-14-15-16-17-18-28-19-21(23)20-29-30(26,27)22(24)25/h21,23H,2-20H2,1H3,(H,24,25)(H,26,27)/t21-/m1/s1. The molecule has 0 saturated carbocycles. The van der Waals surface area contributed by atoms with Crippen LogP contribution in [0.25, 0.3) is 0 Å². The van der Waals surface area contributed by atoms with Gasteiger partial charge in [-0.25, -0.2) is 9.36 Å². The van der Waals surface area contributed by atoms with Crippen LogP contribution < -0.4 is 0 Å². The molecule has 0 aliphatic rings. The molecule has 8 heteroatoms. The minimum atomic E-state index is -4.70. The molecule has 0 amide bonds. The number of unbranched alkanes of at least 4 members (excludes halogenated alkanes) is 15. The highest BCUT2D eigenvalue weighted by Crippen LogP contribution is 2.42. The molecule has 0 spiro atoms. The Morgan fingerprint density at radius 3 is 1.57 bits per heavy atom. The highest BCUT2D eigenvalue weighted by Gasteiger charge is 2.30. The Labute approximate surface area is 183 Å². The van der Waals surface area contributed by atoms with Gasteiger partial charge in [-0.05, 0) is 6.42 Å². The molecular formula is C22H45O7P. The van der Waals surface area contributed by atoms with Gasteiger partial charge in [0.15, 0.2) is 0 Å². The Hall–Kier alpha value is -0.460. The zero-order chi connectivity index (χ0) is 22.5. The molecule has 3 N–H and O–H groups in total. The van der Waals surface area contributed by atoms with E-state index < -0.39 is 26.0 Å². The van der Waals surface area contributed by atoms with Crippen molar-refractivity contribution in [2.75, 3.05) is 19.8 Å². The van der Waals surface area contributed by atoms with Gasteiger partial charge in [0.2, 0.25) is 0 Å². The van der Waals surface area contributed by atoms with Crippen LogP contribution in [0.2, 0.25) is 0 Å². The molecule has 0 aliphatic carbocycles. The second kappa shape index (κ2) is 20.4. The SMILES string of the molecule is CCCCCCCCCCCCCCCCCCOC[C@@H](O)COP(=O)(O)C(=O)O. The summed E-state index contributed by atoms with van der Waals surface area (Å²) in [6, 6.07) is 0. The van der Waals surface area contributed by atoms with Crippen molar-refractivity contribution in [2.45, 2.75) is 116 Å². The van der Waals surface area contributed by atoms with Crippen molar-refractivity contribution >= 4 is 13.3 Å². The molecular weight excluding hydrogens is 407 g/mol. The van der Waals surface area contributed by atoms with E-state index in [1.807, 2.05) is 0 Å². The van der Waals surface area contributed by atoms with Crippen LogP contribution in [0.1, 0.15) is 110 Å². The van der Waals surface area contributed by atoms with E-state index in [2.05, 4.69) is 11.4 Å². The summed E-state index contributed by atoms with van der Waals surface area (Å²) in [6.45, 7) is 2.18. The molecule has 30 heavy (non-hydrogen) atoms. The van der Waals surface area contributed by atoms with Gasteiger partial charge in [-0.3, -0.25) is 4.52 Å². The van der Waals surface area contributed by atoms with Gasteiger partial charge in [0.1, 0.15) is 6.10 Å². The van der Waals surface area contributed by atoms with Gasteiger partial charge in [0.25, 0.3) is 0 Å². The molecule has 0 aromatic carbocycles. The lowest BCUT2D eigenvalue weighted by Crippen LogP contribution is -2.22. The summed E-state index contributed by atoms with van der Waals surface area (Å²) >= 11 is 0. The molecule has 0 heterocycles. The summed E-state index contributed by atoms with van der Waals surface area (Å²) in [6.07, 6.45) is 19.7. The number of aliphatic hydroxyl groups excluding tert-OH is 1. The van der Waals surface area contributed by atoms with Crippen LogP contribution in [0.5, 0.6) is 0 Å². The maximum atomic E-state index is 11.0. The maximum absolute atomic E-state index is 11.0. The Bertz CT molecular complexity index is 445. The molecule has 0 fully saturated rings. The van der Waals surface area contributed by atoms with Gasteiger partial charge in [-0.2, -0.15) is 0 Å². The number of ether oxygens (including phenoxy) is 1. The van der Waals surface area contributed by atoms with Crippen molar-refractivity contribution < 1.29 is 33.7 Å². The molecule has 0 saturated heterocycles. The van der Waals surface area contributed by atoms with E-state index in [-0.39, 0.29) is 6.61 Å². The van der Waals surface area contributed by atoms with E-state index in [9.17, 15) is 14.5 Å². The summed E-state index contributed by atoms with van der Waals surface area (Å²) < 4.78 is 20.7. The lowest BCUT2D eigenvalue weighted by Gasteiger charge is -2.13. The lowest BCUT2D eigenvalue weighted by atomic mass is 10.0. The Morgan fingerprint density at radius 2 is 1.17 bits per heavy atom. The van der Waals surface area contributed by atoms with E-state index >= 15 is 0 Å². The second-order valence-electron chi connectivity index (χ2n) is 8.13. The smallest absolute Gasteiger partial charge is 0.435 e. The summed E-state index contributed by atoms with van der Waals surface area (Å²) in [7, 11) is -4.70. The van der Waals surface area contributed by atoms with Crippen LogP contribution in [0, 0.1) is 0 Å².